The Morgan fingerprint density at radius 3 is 2.44 bits per heavy atom. The Morgan fingerprint density at radius 1 is 1.31 bits per heavy atom. The molecule has 1 N–H and O–H groups in total. The average Bonchev–Trinajstić information content (AvgIpc) is 2.91. The largest absolute Gasteiger partial charge is 0.381 e. The van der Waals surface area contributed by atoms with Crippen molar-refractivity contribution in [1.82, 2.24) is 0 Å². The van der Waals surface area contributed by atoms with Gasteiger partial charge in [0.2, 0.25) is 0 Å². The van der Waals surface area contributed by atoms with Gasteiger partial charge in [0, 0.05) is 10.5 Å². The summed E-state index contributed by atoms with van der Waals surface area (Å²) in [5, 5.41) is 3.66. The molecule has 1 aliphatic carbocycles. The molecule has 0 bridgehead atoms. The predicted molar refractivity (Wildman–Crippen MR) is 74.0 cm³/mol. The molecule has 1 aromatic rings. The predicted octanol–water partition coefficient (Wildman–Crippen LogP) is 4.67. The van der Waals surface area contributed by atoms with Crippen LogP contribution in [0.1, 0.15) is 37.8 Å². The number of aryl methyl sites for hydroxylation is 2. The summed E-state index contributed by atoms with van der Waals surface area (Å²) in [6, 6.07) is 4.96. The minimum atomic E-state index is 0.511. The first kappa shape index (κ1) is 12.0. The number of hydrogen-bond acceptors (Lipinski definition) is 1. The molecule has 0 aromatic heterocycles. The van der Waals surface area contributed by atoms with Gasteiger partial charge in [-0.25, -0.2) is 0 Å². The highest BCUT2D eigenvalue weighted by Crippen LogP contribution is 2.49. The highest BCUT2D eigenvalue weighted by atomic mass is 79.9. The van der Waals surface area contributed by atoms with Gasteiger partial charge in [-0.15, -0.1) is 0 Å². The van der Waals surface area contributed by atoms with E-state index in [2.05, 4.69) is 61.1 Å². The van der Waals surface area contributed by atoms with Crippen molar-refractivity contribution < 1.29 is 0 Å². The normalized spacial score (nSPS) is 19.3. The van der Waals surface area contributed by atoms with E-state index in [-0.39, 0.29) is 0 Å². The van der Waals surface area contributed by atoms with Crippen molar-refractivity contribution >= 4 is 21.6 Å². The van der Waals surface area contributed by atoms with Crippen LogP contribution < -0.4 is 5.32 Å². The van der Waals surface area contributed by atoms with E-state index >= 15 is 0 Å². The second kappa shape index (κ2) is 4.06. The van der Waals surface area contributed by atoms with Gasteiger partial charge in [-0.3, -0.25) is 0 Å². The fourth-order valence-corrected chi connectivity index (χ4v) is 2.91. The number of anilines is 1. The van der Waals surface area contributed by atoms with Crippen LogP contribution in [0.4, 0.5) is 5.69 Å². The summed E-state index contributed by atoms with van der Waals surface area (Å²) in [7, 11) is 0. The van der Waals surface area contributed by atoms with Crippen LogP contribution in [0.2, 0.25) is 0 Å². The lowest BCUT2D eigenvalue weighted by atomic mass is 10.00. The molecule has 1 saturated carbocycles. The summed E-state index contributed by atoms with van der Waals surface area (Å²) in [6.45, 7) is 8.95. The van der Waals surface area contributed by atoms with Gasteiger partial charge in [-0.05, 0) is 72.2 Å². The minimum absolute atomic E-state index is 0.511. The molecular formula is C14H20BrN. The molecular weight excluding hydrogens is 262 g/mol. The van der Waals surface area contributed by atoms with Gasteiger partial charge in [-0.1, -0.05) is 13.0 Å². The van der Waals surface area contributed by atoms with Crippen molar-refractivity contribution in [3.63, 3.8) is 0 Å². The molecule has 1 aliphatic rings. The van der Waals surface area contributed by atoms with Crippen LogP contribution in [0.5, 0.6) is 0 Å². The molecule has 16 heavy (non-hydrogen) atoms. The minimum Gasteiger partial charge on any atom is -0.381 e. The van der Waals surface area contributed by atoms with Crippen LogP contribution in [0, 0.1) is 19.3 Å². The molecule has 0 saturated heterocycles. The topological polar surface area (TPSA) is 12.0 Å². The Morgan fingerprint density at radius 2 is 1.94 bits per heavy atom. The van der Waals surface area contributed by atoms with E-state index < -0.39 is 0 Å². The summed E-state index contributed by atoms with van der Waals surface area (Å²) < 4.78 is 1.18. The first-order valence-electron chi connectivity index (χ1n) is 5.96. The molecule has 0 amide bonds. The van der Waals surface area contributed by atoms with Crippen molar-refractivity contribution in [2.24, 2.45) is 5.41 Å². The highest BCUT2D eigenvalue weighted by Gasteiger charge is 2.42. The van der Waals surface area contributed by atoms with Crippen LogP contribution >= 0.6 is 15.9 Å². The van der Waals surface area contributed by atoms with E-state index in [1.165, 1.54) is 34.1 Å². The first-order valence-corrected chi connectivity index (χ1v) is 6.75. The summed E-state index contributed by atoms with van der Waals surface area (Å²) in [5.41, 5.74) is 4.39. The Balaban J connectivity index is 2.21. The number of benzene rings is 1. The molecule has 0 aliphatic heterocycles. The second-order valence-corrected chi connectivity index (χ2v) is 6.31. The number of halogens is 1. The van der Waals surface area contributed by atoms with E-state index in [9.17, 15) is 0 Å². The van der Waals surface area contributed by atoms with Crippen molar-refractivity contribution in [2.45, 2.75) is 46.6 Å². The SMILES string of the molecule is Cc1cc(C)c(NC(C)C2(C)CC2)c(Br)c1. The molecule has 0 radical (unpaired) electrons. The van der Waals surface area contributed by atoms with E-state index in [0.29, 0.717) is 11.5 Å². The summed E-state index contributed by atoms with van der Waals surface area (Å²) in [6.07, 6.45) is 2.70. The van der Waals surface area contributed by atoms with Gasteiger partial charge in [0.05, 0.1) is 5.69 Å². The maximum atomic E-state index is 3.66. The number of nitrogens with one attached hydrogen (secondary N) is 1. The standard InChI is InChI=1S/C14H20BrN/c1-9-7-10(2)13(12(15)8-9)16-11(3)14(4)5-6-14/h7-8,11,16H,5-6H2,1-4H3. The Kier molecular flexibility index (Phi) is 3.04. The van der Waals surface area contributed by atoms with E-state index in [1.54, 1.807) is 0 Å². The van der Waals surface area contributed by atoms with Crippen LogP contribution in [-0.4, -0.2) is 6.04 Å². The fourth-order valence-electron chi connectivity index (χ4n) is 2.12. The molecule has 1 aromatic carbocycles. The average molecular weight is 282 g/mol. The summed E-state index contributed by atoms with van der Waals surface area (Å²) in [5.74, 6) is 0. The quantitative estimate of drug-likeness (QED) is 0.849. The monoisotopic (exact) mass is 281 g/mol. The molecule has 2 heteroatoms. The van der Waals surface area contributed by atoms with Gasteiger partial charge in [0.25, 0.3) is 0 Å². The zero-order valence-electron chi connectivity index (χ0n) is 10.5. The second-order valence-electron chi connectivity index (χ2n) is 5.46. The fraction of sp³-hybridized carbons (Fsp3) is 0.571. The first-order chi connectivity index (χ1) is 7.42. The van der Waals surface area contributed by atoms with Gasteiger partial charge in [-0.2, -0.15) is 0 Å². The third-order valence-corrected chi connectivity index (χ3v) is 4.50. The molecule has 0 spiro atoms. The molecule has 0 heterocycles. The molecule has 1 unspecified atom stereocenters. The van der Waals surface area contributed by atoms with Crippen molar-refractivity contribution in [3.8, 4) is 0 Å². The van der Waals surface area contributed by atoms with Crippen molar-refractivity contribution in [1.29, 1.82) is 0 Å². The van der Waals surface area contributed by atoms with Crippen LogP contribution in [0.15, 0.2) is 16.6 Å². The number of rotatable bonds is 3. The summed E-state index contributed by atoms with van der Waals surface area (Å²) in [4.78, 5) is 0. The van der Waals surface area contributed by atoms with E-state index in [0.717, 1.165) is 0 Å². The van der Waals surface area contributed by atoms with E-state index in [4.69, 9.17) is 0 Å². The zero-order chi connectivity index (χ0) is 11.9. The van der Waals surface area contributed by atoms with Gasteiger partial charge >= 0.3 is 0 Å². The maximum absolute atomic E-state index is 3.66. The Bertz CT molecular complexity index is 384. The van der Waals surface area contributed by atoms with E-state index in [1.807, 2.05) is 0 Å². The number of hydrogen-bond donors (Lipinski definition) is 1. The third-order valence-electron chi connectivity index (χ3n) is 3.88. The lowest BCUT2D eigenvalue weighted by Gasteiger charge is -2.24. The highest BCUT2D eigenvalue weighted by molar-refractivity contribution is 9.10. The molecule has 2 rings (SSSR count). The molecule has 1 nitrogen and oxygen atoms in total. The Hall–Kier alpha value is -0.500. The maximum Gasteiger partial charge on any atom is 0.0516 e. The van der Waals surface area contributed by atoms with Crippen LogP contribution in [0.3, 0.4) is 0 Å². The molecule has 88 valence electrons. The smallest absolute Gasteiger partial charge is 0.0516 e. The summed E-state index contributed by atoms with van der Waals surface area (Å²) >= 11 is 3.65. The van der Waals surface area contributed by atoms with Gasteiger partial charge in [0.1, 0.15) is 0 Å². The zero-order valence-corrected chi connectivity index (χ0v) is 12.1. The lowest BCUT2D eigenvalue weighted by Crippen LogP contribution is -2.25. The lowest BCUT2D eigenvalue weighted by molar-refractivity contribution is 0.493. The van der Waals surface area contributed by atoms with Gasteiger partial charge < -0.3 is 5.32 Å². The van der Waals surface area contributed by atoms with Crippen molar-refractivity contribution in [3.05, 3.63) is 27.7 Å². The van der Waals surface area contributed by atoms with Gasteiger partial charge in [0.15, 0.2) is 0 Å². The van der Waals surface area contributed by atoms with Crippen LogP contribution in [-0.2, 0) is 0 Å². The van der Waals surface area contributed by atoms with Crippen LogP contribution in [0.25, 0.3) is 0 Å². The van der Waals surface area contributed by atoms with Crippen molar-refractivity contribution in [2.75, 3.05) is 5.32 Å². The Labute approximate surface area is 107 Å². The third kappa shape index (κ3) is 2.27. The molecule has 1 atom stereocenters. The molecule has 1 fully saturated rings.